The second-order valence-corrected chi connectivity index (χ2v) is 5.99. The molecule has 0 spiro atoms. The first-order valence-electron chi connectivity index (χ1n) is 5.78. The minimum Gasteiger partial charge on any atom is -0.390 e. The number of hydrogen-bond acceptors (Lipinski definition) is 3. The maximum atomic E-state index is 13.5. The molecule has 0 atom stereocenters. The summed E-state index contributed by atoms with van der Waals surface area (Å²) in [4.78, 5) is 24.9. The van der Waals surface area contributed by atoms with Crippen molar-refractivity contribution in [1.29, 1.82) is 0 Å². The van der Waals surface area contributed by atoms with Crippen molar-refractivity contribution in [2.45, 2.75) is 25.9 Å². The predicted molar refractivity (Wildman–Crippen MR) is 71.7 cm³/mol. The fourth-order valence-electron chi connectivity index (χ4n) is 1.90. The number of carbonyl (C=O) groups excluding carboxylic acids is 2. The highest BCUT2D eigenvalue weighted by Crippen LogP contribution is 2.33. The first kappa shape index (κ1) is 14.1. The van der Waals surface area contributed by atoms with E-state index in [2.05, 4.69) is 15.9 Å². The fraction of sp³-hybridized carbons (Fsp3) is 0.385. The van der Waals surface area contributed by atoms with E-state index in [0.29, 0.717) is 6.42 Å². The van der Waals surface area contributed by atoms with Gasteiger partial charge in [-0.15, -0.1) is 0 Å². The number of aliphatic hydroxyl groups is 1. The normalized spacial score (nSPS) is 15.1. The van der Waals surface area contributed by atoms with Crippen LogP contribution in [0.15, 0.2) is 16.6 Å². The summed E-state index contributed by atoms with van der Waals surface area (Å²) in [5.74, 6) is -1.86. The summed E-state index contributed by atoms with van der Waals surface area (Å²) < 4.78 is 13.7. The summed E-state index contributed by atoms with van der Waals surface area (Å²) in [5.41, 5.74) is -0.506. The SMILES string of the molecule is CC(C)(O)CCN1C(=O)C(=O)c2cc(Br)c(F)cc21. The molecule has 102 valence electrons. The minimum absolute atomic E-state index is 0.150. The molecule has 2 rings (SSSR count). The molecule has 6 heteroatoms. The average molecular weight is 330 g/mol. The largest absolute Gasteiger partial charge is 0.390 e. The highest BCUT2D eigenvalue weighted by atomic mass is 79.9. The number of halogens is 2. The maximum absolute atomic E-state index is 13.5. The van der Waals surface area contributed by atoms with Crippen molar-refractivity contribution in [2.75, 3.05) is 11.4 Å². The van der Waals surface area contributed by atoms with Gasteiger partial charge < -0.3 is 10.0 Å². The molecular weight excluding hydrogens is 317 g/mol. The van der Waals surface area contributed by atoms with E-state index in [1.165, 1.54) is 11.0 Å². The molecule has 0 aromatic heterocycles. The van der Waals surface area contributed by atoms with E-state index in [9.17, 15) is 19.1 Å². The van der Waals surface area contributed by atoms with Gasteiger partial charge in [-0.3, -0.25) is 9.59 Å². The number of anilines is 1. The number of ketones is 1. The van der Waals surface area contributed by atoms with E-state index >= 15 is 0 Å². The second kappa shape index (κ2) is 4.68. The predicted octanol–water partition coefficient (Wildman–Crippen LogP) is 2.28. The zero-order chi connectivity index (χ0) is 14.4. The van der Waals surface area contributed by atoms with Crippen LogP contribution in [0, 0.1) is 5.82 Å². The highest BCUT2D eigenvalue weighted by Gasteiger charge is 2.37. The van der Waals surface area contributed by atoms with Gasteiger partial charge in [-0.2, -0.15) is 0 Å². The Hall–Kier alpha value is -1.27. The first-order chi connectivity index (χ1) is 8.70. The van der Waals surface area contributed by atoms with E-state index in [-0.39, 0.29) is 22.3 Å². The molecule has 1 amide bonds. The zero-order valence-corrected chi connectivity index (χ0v) is 12.1. The third-order valence-electron chi connectivity index (χ3n) is 2.96. The number of hydrogen-bond donors (Lipinski definition) is 1. The van der Waals surface area contributed by atoms with Crippen molar-refractivity contribution in [1.82, 2.24) is 0 Å². The molecule has 4 nitrogen and oxygen atoms in total. The highest BCUT2D eigenvalue weighted by molar-refractivity contribution is 9.10. The Morgan fingerprint density at radius 1 is 1.37 bits per heavy atom. The van der Waals surface area contributed by atoms with Crippen LogP contribution in [0.4, 0.5) is 10.1 Å². The molecule has 0 fully saturated rings. The molecule has 1 aliphatic heterocycles. The molecule has 1 aromatic rings. The van der Waals surface area contributed by atoms with E-state index < -0.39 is 23.1 Å². The van der Waals surface area contributed by atoms with Gasteiger partial charge in [0, 0.05) is 6.54 Å². The lowest BCUT2D eigenvalue weighted by Crippen LogP contribution is -2.34. The van der Waals surface area contributed by atoms with Gasteiger partial charge in [-0.1, -0.05) is 0 Å². The van der Waals surface area contributed by atoms with E-state index in [0.717, 1.165) is 6.07 Å². The van der Waals surface area contributed by atoms with Gasteiger partial charge in [-0.05, 0) is 48.3 Å². The third kappa shape index (κ3) is 2.69. The van der Waals surface area contributed by atoms with E-state index in [1.54, 1.807) is 13.8 Å². The third-order valence-corrected chi connectivity index (χ3v) is 3.57. The number of benzene rings is 1. The Morgan fingerprint density at radius 2 is 2.00 bits per heavy atom. The van der Waals surface area contributed by atoms with Crippen LogP contribution in [0.3, 0.4) is 0 Å². The van der Waals surface area contributed by atoms with Gasteiger partial charge in [0.25, 0.3) is 11.7 Å². The molecule has 1 heterocycles. The lowest BCUT2D eigenvalue weighted by atomic mass is 10.1. The minimum atomic E-state index is -0.958. The Balaban J connectivity index is 2.36. The summed E-state index contributed by atoms with van der Waals surface area (Å²) in [6.07, 6.45) is 0.295. The molecule has 0 bridgehead atoms. The molecule has 19 heavy (non-hydrogen) atoms. The molecule has 0 aliphatic carbocycles. The molecule has 0 unspecified atom stereocenters. The van der Waals surface area contributed by atoms with Crippen molar-refractivity contribution < 1.29 is 19.1 Å². The van der Waals surface area contributed by atoms with Crippen molar-refractivity contribution in [3.63, 3.8) is 0 Å². The Kier molecular flexibility index (Phi) is 3.49. The fourth-order valence-corrected chi connectivity index (χ4v) is 2.24. The van der Waals surface area contributed by atoms with Crippen LogP contribution in [-0.4, -0.2) is 28.9 Å². The molecule has 0 saturated carbocycles. The quantitative estimate of drug-likeness (QED) is 0.865. The smallest absolute Gasteiger partial charge is 0.299 e. The lowest BCUT2D eigenvalue weighted by molar-refractivity contribution is -0.114. The van der Waals surface area contributed by atoms with Crippen LogP contribution in [0.1, 0.15) is 30.6 Å². The summed E-state index contributed by atoms with van der Waals surface area (Å²) in [6, 6.07) is 2.47. The van der Waals surface area contributed by atoms with Crippen molar-refractivity contribution in [2.24, 2.45) is 0 Å². The summed E-state index contributed by atoms with van der Waals surface area (Å²) in [6.45, 7) is 3.39. The number of nitrogens with zero attached hydrogens (tertiary/aromatic N) is 1. The van der Waals surface area contributed by atoms with Gasteiger partial charge in [0.2, 0.25) is 0 Å². The topological polar surface area (TPSA) is 57.6 Å². The molecule has 1 aliphatic rings. The lowest BCUT2D eigenvalue weighted by Gasteiger charge is -2.22. The van der Waals surface area contributed by atoms with Gasteiger partial charge in [0.15, 0.2) is 0 Å². The molecule has 1 N–H and O–H groups in total. The van der Waals surface area contributed by atoms with Gasteiger partial charge in [0.05, 0.1) is 21.3 Å². The Labute approximate surface area is 118 Å². The molecular formula is C13H13BrFNO3. The molecule has 0 radical (unpaired) electrons. The molecule has 0 saturated heterocycles. The Morgan fingerprint density at radius 3 is 2.58 bits per heavy atom. The first-order valence-corrected chi connectivity index (χ1v) is 6.57. The van der Waals surface area contributed by atoms with Crippen LogP contribution < -0.4 is 4.90 Å². The monoisotopic (exact) mass is 329 g/mol. The van der Waals surface area contributed by atoms with Crippen LogP contribution in [0.2, 0.25) is 0 Å². The van der Waals surface area contributed by atoms with E-state index in [4.69, 9.17) is 0 Å². The van der Waals surface area contributed by atoms with Gasteiger partial charge in [-0.25, -0.2) is 4.39 Å². The summed E-state index contributed by atoms with van der Waals surface area (Å²) in [7, 11) is 0. The van der Waals surface area contributed by atoms with Gasteiger partial charge >= 0.3 is 0 Å². The number of Topliss-reactive ketones (excluding diaryl/α,β-unsaturated/α-hetero) is 1. The van der Waals surface area contributed by atoms with Gasteiger partial charge in [0.1, 0.15) is 5.82 Å². The van der Waals surface area contributed by atoms with Crippen LogP contribution >= 0.6 is 15.9 Å². The van der Waals surface area contributed by atoms with Crippen molar-refractivity contribution in [3.8, 4) is 0 Å². The average Bonchev–Trinajstić information content (AvgIpc) is 2.51. The van der Waals surface area contributed by atoms with Crippen molar-refractivity contribution in [3.05, 3.63) is 28.0 Å². The van der Waals surface area contributed by atoms with Crippen LogP contribution in [0.25, 0.3) is 0 Å². The van der Waals surface area contributed by atoms with Crippen LogP contribution in [-0.2, 0) is 4.79 Å². The number of rotatable bonds is 3. The summed E-state index contributed by atoms with van der Waals surface area (Å²) >= 11 is 2.99. The Bertz CT molecular complexity index is 566. The van der Waals surface area contributed by atoms with Crippen LogP contribution in [0.5, 0.6) is 0 Å². The second-order valence-electron chi connectivity index (χ2n) is 5.13. The maximum Gasteiger partial charge on any atom is 0.299 e. The number of fused-ring (bicyclic) bond motifs is 1. The number of amides is 1. The van der Waals surface area contributed by atoms with Crippen molar-refractivity contribution >= 4 is 33.3 Å². The number of carbonyl (C=O) groups is 2. The van der Waals surface area contributed by atoms with E-state index in [1.807, 2.05) is 0 Å². The standard InChI is InChI=1S/C13H13BrFNO3/c1-13(2,19)3-4-16-10-6-9(15)8(14)5-7(10)11(17)12(16)18/h5-6,19H,3-4H2,1-2H3. The zero-order valence-electron chi connectivity index (χ0n) is 10.5. The molecule has 1 aromatic carbocycles. The summed E-state index contributed by atoms with van der Waals surface area (Å²) in [5, 5.41) is 9.67.